The molecule has 1 aromatic heterocycles. The molecule has 1 aliphatic rings. The Morgan fingerprint density at radius 3 is 2.95 bits per heavy atom. The summed E-state index contributed by atoms with van der Waals surface area (Å²) in [6.45, 7) is 1.07. The van der Waals surface area contributed by atoms with Gasteiger partial charge in [0, 0.05) is 13.3 Å². The monoisotopic (exact) mass is 288 g/mol. The molecule has 2 heterocycles. The summed E-state index contributed by atoms with van der Waals surface area (Å²) in [6.07, 6.45) is -1.85. The van der Waals surface area contributed by atoms with E-state index < -0.39 is 24.5 Å². The van der Waals surface area contributed by atoms with Crippen molar-refractivity contribution < 1.29 is 24.9 Å². The van der Waals surface area contributed by atoms with E-state index in [2.05, 4.69) is 10.3 Å². The summed E-state index contributed by atoms with van der Waals surface area (Å²) in [7, 11) is 0. The maximum absolute atomic E-state index is 11.1. The lowest BCUT2D eigenvalue weighted by Gasteiger charge is -2.36. The SMILES string of the molecule is CC(=O)c1cnc(N[C@@H]2C[C@@H](O)C(O)C(CO)O2)s1. The second-order valence-corrected chi connectivity index (χ2v) is 5.40. The second-order valence-electron chi connectivity index (χ2n) is 4.37. The zero-order valence-corrected chi connectivity index (χ0v) is 11.1. The van der Waals surface area contributed by atoms with Crippen LogP contribution in [0.4, 0.5) is 5.13 Å². The van der Waals surface area contributed by atoms with E-state index in [-0.39, 0.29) is 18.8 Å². The average Bonchev–Trinajstić information content (AvgIpc) is 2.82. The minimum absolute atomic E-state index is 0.0706. The van der Waals surface area contributed by atoms with Gasteiger partial charge in [-0.3, -0.25) is 4.79 Å². The Morgan fingerprint density at radius 1 is 1.63 bits per heavy atom. The molecule has 4 atom stereocenters. The molecule has 19 heavy (non-hydrogen) atoms. The zero-order valence-electron chi connectivity index (χ0n) is 10.3. The fraction of sp³-hybridized carbons (Fsp3) is 0.636. The predicted molar refractivity (Wildman–Crippen MR) is 68.1 cm³/mol. The van der Waals surface area contributed by atoms with Gasteiger partial charge in [0.25, 0.3) is 0 Å². The van der Waals surface area contributed by atoms with Crippen LogP contribution in [0.1, 0.15) is 23.0 Å². The Morgan fingerprint density at radius 2 is 2.37 bits per heavy atom. The van der Waals surface area contributed by atoms with Crippen LogP contribution in [-0.2, 0) is 4.74 Å². The third-order valence-corrected chi connectivity index (χ3v) is 3.92. The van der Waals surface area contributed by atoms with Crippen LogP contribution in [0.5, 0.6) is 0 Å². The quantitative estimate of drug-likeness (QED) is 0.557. The molecule has 4 N–H and O–H groups in total. The van der Waals surface area contributed by atoms with Crippen molar-refractivity contribution in [3.05, 3.63) is 11.1 Å². The molecule has 1 fully saturated rings. The Hall–Kier alpha value is -1.06. The summed E-state index contributed by atoms with van der Waals surface area (Å²) in [4.78, 5) is 15.7. The molecule has 7 nitrogen and oxygen atoms in total. The predicted octanol–water partition coefficient (Wildman–Crippen LogP) is -0.413. The van der Waals surface area contributed by atoms with E-state index in [0.717, 1.165) is 0 Å². The first-order valence-electron chi connectivity index (χ1n) is 5.87. The van der Waals surface area contributed by atoms with Gasteiger partial charge in [-0.05, 0) is 0 Å². The lowest BCUT2D eigenvalue weighted by Crippen LogP contribution is -2.51. The van der Waals surface area contributed by atoms with Gasteiger partial charge in [0.05, 0.1) is 23.8 Å². The largest absolute Gasteiger partial charge is 0.394 e. The van der Waals surface area contributed by atoms with E-state index in [9.17, 15) is 15.0 Å². The van der Waals surface area contributed by atoms with E-state index in [0.29, 0.717) is 10.0 Å². The highest BCUT2D eigenvalue weighted by molar-refractivity contribution is 7.17. The molecule has 1 aliphatic heterocycles. The first-order chi connectivity index (χ1) is 9.01. The molecule has 1 aromatic rings. The van der Waals surface area contributed by atoms with Crippen LogP contribution in [0.2, 0.25) is 0 Å². The number of hydrogen-bond donors (Lipinski definition) is 4. The summed E-state index contributed by atoms with van der Waals surface area (Å²) < 4.78 is 5.40. The number of rotatable bonds is 4. The van der Waals surface area contributed by atoms with Crippen LogP contribution in [0.3, 0.4) is 0 Å². The summed E-state index contributed by atoms with van der Waals surface area (Å²) in [5.41, 5.74) is 0. The number of aliphatic hydroxyl groups is 3. The normalized spacial score (nSPS) is 31.2. The smallest absolute Gasteiger partial charge is 0.185 e. The maximum atomic E-state index is 11.1. The molecule has 0 amide bonds. The Kier molecular flexibility index (Phi) is 4.48. The highest BCUT2D eigenvalue weighted by atomic mass is 32.1. The number of carbonyl (C=O) groups is 1. The van der Waals surface area contributed by atoms with Crippen molar-refractivity contribution in [2.45, 2.75) is 37.9 Å². The maximum Gasteiger partial charge on any atom is 0.185 e. The molecule has 2 unspecified atom stereocenters. The van der Waals surface area contributed by atoms with Gasteiger partial charge in [0.15, 0.2) is 10.9 Å². The molecule has 8 heteroatoms. The van der Waals surface area contributed by atoms with Crippen LogP contribution in [0, 0.1) is 0 Å². The molecule has 2 rings (SSSR count). The molecular formula is C11H16N2O5S. The number of ketones is 1. The van der Waals surface area contributed by atoms with Gasteiger partial charge in [0.1, 0.15) is 18.4 Å². The van der Waals surface area contributed by atoms with Crippen molar-refractivity contribution in [2.24, 2.45) is 0 Å². The number of carbonyl (C=O) groups excluding carboxylic acids is 1. The Bertz CT molecular complexity index is 452. The van der Waals surface area contributed by atoms with Crippen molar-refractivity contribution in [3.8, 4) is 0 Å². The van der Waals surface area contributed by atoms with Crippen molar-refractivity contribution in [2.75, 3.05) is 11.9 Å². The van der Waals surface area contributed by atoms with Gasteiger partial charge >= 0.3 is 0 Å². The average molecular weight is 288 g/mol. The standard InChI is InChI=1S/C11H16N2O5S/c1-5(15)8-3-12-11(19-8)13-9-2-6(16)10(17)7(4-14)18-9/h3,6-7,9-10,14,16-17H,2,4H2,1H3,(H,12,13)/t6-,7?,9+,10?/m1/s1. The molecular weight excluding hydrogens is 272 g/mol. The van der Waals surface area contributed by atoms with Crippen molar-refractivity contribution in [1.82, 2.24) is 4.98 Å². The topological polar surface area (TPSA) is 112 Å². The van der Waals surface area contributed by atoms with Crippen LogP contribution < -0.4 is 5.32 Å². The lowest BCUT2D eigenvalue weighted by atomic mass is 10.0. The number of hydrogen-bond acceptors (Lipinski definition) is 8. The van der Waals surface area contributed by atoms with E-state index in [1.807, 2.05) is 0 Å². The number of aromatic nitrogens is 1. The first-order valence-corrected chi connectivity index (χ1v) is 6.68. The number of anilines is 1. The fourth-order valence-corrected chi connectivity index (χ4v) is 2.59. The highest BCUT2D eigenvalue weighted by Gasteiger charge is 2.36. The second kappa shape index (κ2) is 5.93. The Balaban J connectivity index is 2.00. The molecule has 0 aromatic carbocycles. The van der Waals surface area contributed by atoms with E-state index in [4.69, 9.17) is 9.84 Å². The minimum atomic E-state index is -1.10. The summed E-state index contributed by atoms with van der Waals surface area (Å²) in [6, 6.07) is 0. The van der Waals surface area contributed by atoms with Gasteiger partial charge in [-0.2, -0.15) is 0 Å². The summed E-state index contributed by atoms with van der Waals surface area (Å²) >= 11 is 1.19. The molecule has 1 saturated heterocycles. The van der Waals surface area contributed by atoms with Gasteiger partial charge in [-0.25, -0.2) is 4.98 Å². The van der Waals surface area contributed by atoms with Crippen LogP contribution in [-0.4, -0.2) is 57.2 Å². The van der Waals surface area contributed by atoms with Crippen molar-refractivity contribution >= 4 is 22.3 Å². The fourth-order valence-electron chi connectivity index (χ4n) is 1.84. The summed E-state index contributed by atoms with van der Waals surface area (Å²) in [5.74, 6) is -0.0706. The zero-order chi connectivity index (χ0) is 14.0. The van der Waals surface area contributed by atoms with Crippen molar-refractivity contribution in [1.29, 1.82) is 0 Å². The first kappa shape index (κ1) is 14.4. The summed E-state index contributed by atoms with van der Waals surface area (Å²) in [5, 5.41) is 31.7. The lowest BCUT2D eigenvalue weighted by molar-refractivity contribution is -0.172. The minimum Gasteiger partial charge on any atom is -0.394 e. The highest BCUT2D eigenvalue weighted by Crippen LogP contribution is 2.24. The number of thiazole rings is 1. The van der Waals surface area contributed by atoms with Gasteiger partial charge < -0.3 is 25.4 Å². The van der Waals surface area contributed by atoms with Crippen LogP contribution in [0.15, 0.2) is 6.20 Å². The molecule has 0 saturated carbocycles. The van der Waals surface area contributed by atoms with Gasteiger partial charge in [-0.15, -0.1) is 0 Å². The van der Waals surface area contributed by atoms with Crippen LogP contribution in [0.25, 0.3) is 0 Å². The molecule has 0 bridgehead atoms. The van der Waals surface area contributed by atoms with Gasteiger partial charge in [-0.1, -0.05) is 11.3 Å². The third kappa shape index (κ3) is 3.28. The van der Waals surface area contributed by atoms with Crippen molar-refractivity contribution in [3.63, 3.8) is 0 Å². The molecule has 0 aliphatic carbocycles. The number of ether oxygens (including phenoxy) is 1. The number of nitrogens with one attached hydrogen (secondary N) is 1. The van der Waals surface area contributed by atoms with Crippen LogP contribution >= 0.6 is 11.3 Å². The number of Topliss-reactive ketones (excluding diaryl/α,β-unsaturated/α-hetero) is 1. The third-order valence-electron chi connectivity index (χ3n) is 2.89. The Labute approximate surface area is 113 Å². The number of aliphatic hydroxyl groups excluding tert-OH is 3. The molecule has 0 radical (unpaired) electrons. The van der Waals surface area contributed by atoms with E-state index in [1.165, 1.54) is 24.5 Å². The van der Waals surface area contributed by atoms with E-state index >= 15 is 0 Å². The molecule has 0 spiro atoms. The van der Waals surface area contributed by atoms with E-state index in [1.54, 1.807) is 0 Å². The number of nitrogens with zero attached hydrogens (tertiary/aromatic N) is 1. The van der Waals surface area contributed by atoms with Gasteiger partial charge in [0.2, 0.25) is 0 Å². The molecule has 106 valence electrons.